The lowest BCUT2D eigenvalue weighted by Crippen LogP contribution is -2.36. The van der Waals surface area contributed by atoms with Crippen LogP contribution >= 0.6 is 27.3 Å². The van der Waals surface area contributed by atoms with Gasteiger partial charge in [0.1, 0.15) is 12.4 Å². The fourth-order valence-electron chi connectivity index (χ4n) is 1.30. The van der Waals surface area contributed by atoms with Crippen molar-refractivity contribution >= 4 is 27.3 Å². The first kappa shape index (κ1) is 8.53. The number of nitrogens with one attached hydrogen (secondary N) is 1. The van der Waals surface area contributed by atoms with E-state index in [2.05, 4.69) is 21.2 Å². The predicted molar refractivity (Wildman–Crippen MR) is 54.1 cm³/mol. The van der Waals surface area contributed by atoms with Gasteiger partial charge in [-0.15, -0.1) is 11.3 Å². The quantitative estimate of drug-likeness (QED) is 0.821. The molecule has 12 heavy (non-hydrogen) atoms. The van der Waals surface area contributed by atoms with Crippen molar-refractivity contribution in [2.75, 3.05) is 13.7 Å². The second-order valence-corrected chi connectivity index (χ2v) is 5.35. The van der Waals surface area contributed by atoms with Crippen molar-refractivity contribution in [3.05, 3.63) is 14.7 Å². The Morgan fingerprint density at radius 2 is 2.58 bits per heavy atom. The molecule has 66 valence electrons. The molecule has 0 amide bonds. The van der Waals surface area contributed by atoms with Crippen LogP contribution in [0.25, 0.3) is 0 Å². The molecule has 0 fully saturated rings. The summed E-state index contributed by atoms with van der Waals surface area (Å²) in [6.45, 7) is 0.784. The van der Waals surface area contributed by atoms with E-state index in [0.29, 0.717) is 6.04 Å². The number of rotatable bonds is 1. The van der Waals surface area contributed by atoms with Gasteiger partial charge >= 0.3 is 0 Å². The molecule has 0 radical (unpaired) electrons. The standard InChI is InChI=1S/C8H10BrNOS/c1-10-5-2-7-6(11-4-5)3-8(9)12-7/h3,5,10H,2,4H2,1H3. The van der Waals surface area contributed by atoms with Crippen LogP contribution in [0.4, 0.5) is 0 Å². The Morgan fingerprint density at radius 3 is 3.33 bits per heavy atom. The van der Waals surface area contributed by atoms with Crippen molar-refractivity contribution < 1.29 is 4.74 Å². The zero-order valence-electron chi connectivity index (χ0n) is 6.76. The monoisotopic (exact) mass is 247 g/mol. The molecule has 0 saturated heterocycles. The summed E-state index contributed by atoms with van der Waals surface area (Å²) in [5.74, 6) is 1.05. The van der Waals surface area contributed by atoms with E-state index in [9.17, 15) is 0 Å². The normalized spacial score (nSPS) is 21.7. The van der Waals surface area contributed by atoms with E-state index < -0.39 is 0 Å². The fraction of sp³-hybridized carbons (Fsp3) is 0.500. The Morgan fingerprint density at radius 1 is 1.75 bits per heavy atom. The molecule has 0 bridgehead atoms. The summed E-state index contributed by atoms with van der Waals surface area (Å²) in [4.78, 5) is 1.34. The van der Waals surface area contributed by atoms with Crippen LogP contribution in [0.1, 0.15) is 4.88 Å². The number of hydrogen-bond donors (Lipinski definition) is 1. The van der Waals surface area contributed by atoms with Crippen LogP contribution in [-0.4, -0.2) is 19.7 Å². The Balaban J connectivity index is 2.22. The Bertz CT molecular complexity index is 287. The Labute approximate surface area is 84.1 Å². The first-order chi connectivity index (χ1) is 5.79. The Kier molecular flexibility index (Phi) is 2.39. The first-order valence-electron chi connectivity index (χ1n) is 3.88. The van der Waals surface area contributed by atoms with Crippen molar-refractivity contribution in [2.45, 2.75) is 12.5 Å². The van der Waals surface area contributed by atoms with Gasteiger partial charge in [0.15, 0.2) is 0 Å². The highest BCUT2D eigenvalue weighted by atomic mass is 79.9. The number of likely N-dealkylation sites (N-methyl/N-ethyl adjacent to an activating group) is 1. The van der Waals surface area contributed by atoms with Crippen molar-refractivity contribution in [2.24, 2.45) is 0 Å². The topological polar surface area (TPSA) is 21.3 Å². The molecule has 1 N–H and O–H groups in total. The Hall–Kier alpha value is -0.0600. The molecule has 0 aliphatic carbocycles. The van der Waals surface area contributed by atoms with Crippen LogP contribution in [-0.2, 0) is 6.42 Å². The smallest absolute Gasteiger partial charge is 0.134 e. The minimum atomic E-state index is 0.475. The summed E-state index contributed by atoms with van der Waals surface area (Å²) in [6.07, 6.45) is 1.09. The predicted octanol–water partition coefficient (Wildman–Crippen LogP) is 2.03. The van der Waals surface area contributed by atoms with Gasteiger partial charge in [-0.05, 0) is 23.0 Å². The molecule has 2 nitrogen and oxygen atoms in total. The number of thiophene rings is 1. The summed E-state index contributed by atoms with van der Waals surface area (Å²) < 4.78 is 6.72. The van der Waals surface area contributed by atoms with Crippen LogP contribution in [0, 0.1) is 0 Å². The average molecular weight is 248 g/mol. The molecule has 1 unspecified atom stereocenters. The SMILES string of the molecule is CNC1COc2cc(Br)sc2C1. The minimum Gasteiger partial charge on any atom is -0.491 e. The second kappa shape index (κ2) is 3.36. The molecular weight excluding hydrogens is 238 g/mol. The number of ether oxygens (including phenoxy) is 1. The van der Waals surface area contributed by atoms with Gasteiger partial charge in [-0.1, -0.05) is 0 Å². The molecule has 1 aliphatic rings. The molecule has 1 aromatic heterocycles. The average Bonchev–Trinajstić information content (AvgIpc) is 2.43. The van der Waals surface area contributed by atoms with Gasteiger partial charge in [0.2, 0.25) is 0 Å². The van der Waals surface area contributed by atoms with Gasteiger partial charge in [-0.3, -0.25) is 0 Å². The first-order valence-corrected chi connectivity index (χ1v) is 5.49. The fourth-order valence-corrected chi connectivity index (χ4v) is 3.00. The third-order valence-corrected chi connectivity index (χ3v) is 3.66. The van der Waals surface area contributed by atoms with Gasteiger partial charge in [-0.25, -0.2) is 0 Å². The highest BCUT2D eigenvalue weighted by Crippen LogP contribution is 2.36. The van der Waals surface area contributed by atoms with E-state index in [0.717, 1.165) is 22.6 Å². The maximum Gasteiger partial charge on any atom is 0.134 e. The number of hydrogen-bond acceptors (Lipinski definition) is 3. The third-order valence-electron chi connectivity index (χ3n) is 2.02. The summed E-state index contributed by atoms with van der Waals surface area (Å²) >= 11 is 5.21. The van der Waals surface area contributed by atoms with Crippen molar-refractivity contribution in [3.63, 3.8) is 0 Å². The van der Waals surface area contributed by atoms with E-state index >= 15 is 0 Å². The lowest BCUT2D eigenvalue weighted by atomic mass is 10.1. The molecule has 0 saturated carbocycles. The zero-order chi connectivity index (χ0) is 8.55. The van der Waals surface area contributed by atoms with Gasteiger partial charge in [-0.2, -0.15) is 0 Å². The highest BCUT2D eigenvalue weighted by molar-refractivity contribution is 9.11. The number of halogens is 1. The molecule has 0 aromatic carbocycles. The van der Waals surface area contributed by atoms with E-state index in [-0.39, 0.29) is 0 Å². The summed E-state index contributed by atoms with van der Waals surface area (Å²) in [7, 11) is 1.97. The van der Waals surface area contributed by atoms with Crippen LogP contribution in [0.3, 0.4) is 0 Å². The van der Waals surface area contributed by atoms with Crippen molar-refractivity contribution in [1.82, 2.24) is 5.32 Å². The lowest BCUT2D eigenvalue weighted by Gasteiger charge is -2.21. The van der Waals surface area contributed by atoms with E-state index in [4.69, 9.17) is 4.74 Å². The van der Waals surface area contributed by atoms with Crippen LogP contribution in [0.15, 0.2) is 9.85 Å². The highest BCUT2D eigenvalue weighted by Gasteiger charge is 2.20. The maximum absolute atomic E-state index is 5.57. The third kappa shape index (κ3) is 1.51. The number of fused-ring (bicyclic) bond motifs is 1. The largest absolute Gasteiger partial charge is 0.491 e. The lowest BCUT2D eigenvalue weighted by molar-refractivity contribution is 0.248. The van der Waals surface area contributed by atoms with Crippen molar-refractivity contribution in [1.29, 1.82) is 0 Å². The van der Waals surface area contributed by atoms with Gasteiger partial charge in [0.25, 0.3) is 0 Å². The zero-order valence-corrected chi connectivity index (χ0v) is 9.17. The van der Waals surface area contributed by atoms with Crippen LogP contribution in [0.2, 0.25) is 0 Å². The molecule has 0 spiro atoms. The summed E-state index contributed by atoms with van der Waals surface area (Å²) in [5.41, 5.74) is 0. The summed E-state index contributed by atoms with van der Waals surface area (Å²) in [6, 6.07) is 2.52. The molecule has 1 aliphatic heterocycles. The van der Waals surface area contributed by atoms with E-state index in [1.165, 1.54) is 4.88 Å². The van der Waals surface area contributed by atoms with Gasteiger partial charge < -0.3 is 10.1 Å². The molecule has 2 heterocycles. The maximum atomic E-state index is 5.57. The molecule has 2 rings (SSSR count). The molecule has 1 aromatic rings. The molecular formula is C8H10BrNOS. The summed E-state index contributed by atoms with van der Waals surface area (Å²) in [5, 5.41) is 3.22. The van der Waals surface area contributed by atoms with Crippen LogP contribution < -0.4 is 10.1 Å². The second-order valence-electron chi connectivity index (χ2n) is 2.84. The van der Waals surface area contributed by atoms with E-state index in [1.54, 1.807) is 11.3 Å². The minimum absolute atomic E-state index is 0.475. The van der Waals surface area contributed by atoms with Gasteiger partial charge in [0, 0.05) is 23.4 Å². The van der Waals surface area contributed by atoms with Crippen molar-refractivity contribution in [3.8, 4) is 5.75 Å². The molecule has 4 heteroatoms. The van der Waals surface area contributed by atoms with Gasteiger partial charge in [0.05, 0.1) is 3.79 Å². The van der Waals surface area contributed by atoms with E-state index in [1.807, 2.05) is 13.1 Å². The molecule has 1 atom stereocenters. The van der Waals surface area contributed by atoms with Crippen LogP contribution in [0.5, 0.6) is 5.75 Å².